The lowest BCUT2D eigenvalue weighted by molar-refractivity contribution is -0.133. The van der Waals surface area contributed by atoms with Gasteiger partial charge in [0, 0.05) is 13.1 Å². The molecule has 8 nitrogen and oxygen atoms in total. The number of aliphatic hydroxyl groups excluding tert-OH is 1. The van der Waals surface area contributed by atoms with E-state index in [9.17, 15) is 20.0 Å². The molecule has 1 unspecified atom stereocenters. The Hall–Kier alpha value is -1.81. The molecule has 2 aliphatic rings. The summed E-state index contributed by atoms with van der Waals surface area (Å²) in [6, 6.07) is 0. The molecule has 5 N–H and O–H groups in total. The van der Waals surface area contributed by atoms with Crippen molar-refractivity contribution in [3.63, 3.8) is 0 Å². The second kappa shape index (κ2) is 9.77. The van der Waals surface area contributed by atoms with E-state index in [2.05, 4.69) is 6.58 Å². The number of aliphatic hydroxyl groups is 1. The van der Waals surface area contributed by atoms with Gasteiger partial charge in [-0.15, -0.1) is 0 Å². The first-order valence-corrected chi connectivity index (χ1v) is 8.88. The molecule has 0 amide bonds. The zero-order chi connectivity index (χ0) is 19.1. The van der Waals surface area contributed by atoms with E-state index in [4.69, 9.17) is 15.1 Å². The molecule has 9 heteroatoms. The Kier molecular flexibility index (Phi) is 7.71. The highest BCUT2D eigenvalue weighted by molar-refractivity contribution is 6.43. The van der Waals surface area contributed by atoms with E-state index >= 15 is 0 Å². The van der Waals surface area contributed by atoms with Crippen molar-refractivity contribution in [1.29, 1.82) is 0 Å². The van der Waals surface area contributed by atoms with Crippen molar-refractivity contribution in [3.8, 4) is 0 Å². The summed E-state index contributed by atoms with van der Waals surface area (Å²) < 4.78 is 10.8. The number of rotatable bonds is 10. The summed E-state index contributed by atoms with van der Waals surface area (Å²) in [5.74, 6) is -1.12. The number of unbranched alkanes of at least 4 members (excludes halogenated alkanes) is 1. The maximum atomic E-state index is 11.6. The van der Waals surface area contributed by atoms with Crippen molar-refractivity contribution in [2.75, 3.05) is 19.6 Å². The molecule has 0 aromatic carbocycles. The predicted octanol–water partition coefficient (Wildman–Crippen LogP) is 0.444. The highest BCUT2D eigenvalue weighted by atomic mass is 16.5. The second-order valence-electron chi connectivity index (χ2n) is 6.48. The number of hydrogen-bond acceptors (Lipinski definition) is 7. The van der Waals surface area contributed by atoms with Gasteiger partial charge in [0.1, 0.15) is 29.9 Å². The minimum absolute atomic E-state index is 0.0873. The van der Waals surface area contributed by atoms with Crippen LogP contribution < -0.4 is 5.73 Å². The number of carboxylic acid groups (broad SMARTS) is 1. The lowest BCUT2D eigenvalue weighted by Gasteiger charge is -2.41. The molecule has 0 aliphatic carbocycles. The van der Waals surface area contributed by atoms with Crippen LogP contribution in [0.2, 0.25) is 6.32 Å². The van der Waals surface area contributed by atoms with Crippen LogP contribution >= 0.6 is 0 Å². The third kappa shape index (κ3) is 5.34. The van der Waals surface area contributed by atoms with Crippen LogP contribution in [-0.2, 0) is 14.2 Å². The van der Waals surface area contributed by atoms with Gasteiger partial charge in [0.2, 0.25) is 0 Å². The summed E-state index contributed by atoms with van der Waals surface area (Å²) in [4.78, 5) is 13.4. The van der Waals surface area contributed by atoms with Gasteiger partial charge in [0.05, 0.1) is 0 Å². The molecule has 0 spiro atoms. The summed E-state index contributed by atoms with van der Waals surface area (Å²) in [6.07, 6.45) is 5.22. The molecule has 0 saturated carbocycles. The summed E-state index contributed by atoms with van der Waals surface area (Å²) in [5.41, 5.74) is 5.91. The quantitative estimate of drug-likeness (QED) is 0.190. The summed E-state index contributed by atoms with van der Waals surface area (Å²) in [6.45, 7) is 5.31. The fraction of sp³-hybridized carbons (Fsp3) is 0.588. The Bertz CT molecular complexity index is 574. The van der Waals surface area contributed by atoms with Crippen molar-refractivity contribution >= 4 is 13.1 Å². The average molecular weight is 366 g/mol. The number of likely N-dealkylation sites (tertiary alicyclic amines) is 1. The summed E-state index contributed by atoms with van der Waals surface area (Å²) >= 11 is 0. The van der Waals surface area contributed by atoms with Gasteiger partial charge in [-0.05, 0) is 44.1 Å². The molecule has 0 aromatic heterocycles. The van der Waals surface area contributed by atoms with Crippen LogP contribution in [-0.4, -0.2) is 65.2 Å². The molecule has 1 atom stereocenters. The van der Waals surface area contributed by atoms with Crippen molar-refractivity contribution in [3.05, 3.63) is 35.8 Å². The Morgan fingerprint density at radius 1 is 1.50 bits per heavy atom. The zero-order valence-electron chi connectivity index (χ0n) is 14.8. The highest BCUT2D eigenvalue weighted by Gasteiger charge is 2.33. The minimum Gasteiger partial charge on any atom is -0.535 e. The van der Waals surface area contributed by atoms with Gasteiger partial charge in [-0.3, -0.25) is 4.90 Å². The molecule has 2 heterocycles. The third-order valence-electron chi connectivity index (χ3n) is 4.52. The molecular weight excluding hydrogens is 339 g/mol. The molecule has 144 valence electrons. The monoisotopic (exact) mass is 366 g/mol. The molecule has 0 aromatic rings. The van der Waals surface area contributed by atoms with Crippen LogP contribution in [0.15, 0.2) is 35.8 Å². The molecule has 1 fully saturated rings. The Morgan fingerprint density at radius 3 is 2.85 bits per heavy atom. The standard InChI is InChI=1S/C17H27BN2O6/c1-2-12-6-7-18(24)26-16(12)14(17(22)23)11-25-13-9-20(10-13)15(21)5-3-4-8-19/h2,11,13,15,21,24H,1,3-10,19H2,(H,22,23)/b14-11-. The van der Waals surface area contributed by atoms with Crippen molar-refractivity contribution < 1.29 is 29.4 Å². The topological polar surface area (TPSA) is 125 Å². The number of carbonyl (C=O) groups is 1. The molecule has 0 bridgehead atoms. The molecule has 1 saturated heterocycles. The molecule has 2 rings (SSSR count). The van der Waals surface area contributed by atoms with Gasteiger partial charge < -0.3 is 30.4 Å². The molecule has 2 aliphatic heterocycles. The second-order valence-corrected chi connectivity index (χ2v) is 6.48. The van der Waals surface area contributed by atoms with Crippen LogP contribution in [0.25, 0.3) is 0 Å². The summed E-state index contributed by atoms with van der Waals surface area (Å²) in [7, 11) is -1.04. The first kappa shape index (κ1) is 20.5. The number of nitrogens with two attached hydrogens (primary N) is 1. The number of ether oxygens (including phenoxy) is 1. The van der Waals surface area contributed by atoms with Gasteiger partial charge in [0.25, 0.3) is 0 Å². The molecular formula is C17H27BN2O6. The third-order valence-corrected chi connectivity index (χ3v) is 4.52. The average Bonchev–Trinajstić information content (AvgIpc) is 2.56. The van der Waals surface area contributed by atoms with E-state index in [1.54, 1.807) is 0 Å². The van der Waals surface area contributed by atoms with Gasteiger partial charge in [0.15, 0.2) is 0 Å². The van der Waals surface area contributed by atoms with Gasteiger partial charge in [-0.2, -0.15) is 0 Å². The Balaban J connectivity index is 1.92. The van der Waals surface area contributed by atoms with Gasteiger partial charge in [-0.25, -0.2) is 4.79 Å². The Morgan fingerprint density at radius 2 is 2.23 bits per heavy atom. The lowest BCUT2D eigenvalue weighted by Crippen LogP contribution is -2.56. The first-order valence-electron chi connectivity index (χ1n) is 8.88. The molecule has 26 heavy (non-hydrogen) atoms. The van der Waals surface area contributed by atoms with E-state index in [-0.39, 0.29) is 17.4 Å². The van der Waals surface area contributed by atoms with Crippen molar-refractivity contribution in [1.82, 2.24) is 4.90 Å². The first-order chi connectivity index (χ1) is 12.5. The van der Waals surface area contributed by atoms with Gasteiger partial charge in [-0.1, -0.05) is 12.7 Å². The number of allylic oxidation sites excluding steroid dienone is 2. The predicted molar refractivity (Wildman–Crippen MR) is 96.8 cm³/mol. The van der Waals surface area contributed by atoms with Crippen LogP contribution in [0, 0.1) is 0 Å². The Labute approximate surface area is 153 Å². The van der Waals surface area contributed by atoms with Gasteiger partial charge >= 0.3 is 13.1 Å². The van der Waals surface area contributed by atoms with E-state index in [1.165, 1.54) is 6.08 Å². The number of carboxylic acids is 1. The maximum absolute atomic E-state index is 11.6. The minimum atomic E-state index is -1.20. The summed E-state index contributed by atoms with van der Waals surface area (Å²) in [5, 5.41) is 29.1. The number of hydrogen-bond donors (Lipinski definition) is 4. The van der Waals surface area contributed by atoms with E-state index < -0.39 is 19.3 Å². The SMILES string of the molecule is C=CC1=C(/C(=C/OC2CN(C(O)CCCCN)C2)C(=O)O)OB(O)CC1. The molecule has 0 radical (unpaired) electrons. The number of nitrogens with zero attached hydrogens (tertiary/aromatic N) is 1. The fourth-order valence-corrected chi connectivity index (χ4v) is 2.91. The normalized spacial score (nSPS) is 20.4. The van der Waals surface area contributed by atoms with E-state index in [1.807, 2.05) is 4.90 Å². The lowest BCUT2D eigenvalue weighted by atomic mass is 9.78. The largest absolute Gasteiger partial charge is 0.535 e. The zero-order valence-corrected chi connectivity index (χ0v) is 14.8. The highest BCUT2D eigenvalue weighted by Crippen LogP contribution is 2.28. The maximum Gasteiger partial charge on any atom is 0.522 e. The van der Waals surface area contributed by atoms with E-state index in [0.717, 1.165) is 19.1 Å². The van der Waals surface area contributed by atoms with Crippen molar-refractivity contribution in [2.24, 2.45) is 5.73 Å². The number of aliphatic carboxylic acids is 1. The van der Waals surface area contributed by atoms with E-state index in [0.29, 0.717) is 44.4 Å². The van der Waals surface area contributed by atoms with Crippen LogP contribution in [0.1, 0.15) is 25.7 Å². The smallest absolute Gasteiger partial charge is 0.522 e. The van der Waals surface area contributed by atoms with Crippen molar-refractivity contribution in [2.45, 2.75) is 44.3 Å². The fourth-order valence-electron chi connectivity index (χ4n) is 2.91. The van der Waals surface area contributed by atoms with Crippen LogP contribution in [0.3, 0.4) is 0 Å². The van der Waals surface area contributed by atoms with Crippen LogP contribution in [0.4, 0.5) is 0 Å². The van der Waals surface area contributed by atoms with Crippen LogP contribution in [0.5, 0.6) is 0 Å².